The Morgan fingerprint density at radius 1 is 1.18 bits per heavy atom. The van der Waals surface area contributed by atoms with Crippen LogP contribution >= 0.6 is 0 Å². The van der Waals surface area contributed by atoms with Gasteiger partial charge in [-0.05, 0) is 25.5 Å². The number of fused-ring (bicyclic) bond motifs is 3. The van der Waals surface area contributed by atoms with Gasteiger partial charge in [0, 0.05) is 12.5 Å². The minimum atomic E-state index is -2.08. The number of amides is 3. The second kappa shape index (κ2) is 5.41. The molecule has 0 radical (unpaired) electrons. The number of nitrogens with zero attached hydrogens (tertiary/aromatic N) is 2. The average molecular weight is 384 g/mol. The van der Waals surface area contributed by atoms with E-state index in [2.05, 4.69) is 0 Å². The normalized spacial score (nSPS) is 38.2. The molecule has 0 N–H and O–H groups in total. The summed E-state index contributed by atoms with van der Waals surface area (Å²) in [5.74, 6) is -4.77. The van der Waals surface area contributed by atoms with E-state index in [4.69, 9.17) is 9.47 Å². The molecule has 146 valence electrons. The van der Waals surface area contributed by atoms with Crippen molar-refractivity contribution in [2.75, 3.05) is 18.1 Å². The fourth-order valence-corrected chi connectivity index (χ4v) is 5.44. The number of carbonyl (C=O) groups excluding carboxylic acids is 4. The zero-order valence-electron chi connectivity index (χ0n) is 15.6. The highest BCUT2D eigenvalue weighted by Gasteiger charge is 2.87. The maximum atomic E-state index is 13.4. The quantitative estimate of drug-likeness (QED) is 0.433. The van der Waals surface area contributed by atoms with E-state index in [0.29, 0.717) is 18.7 Å². The molecule has 0 aliphatic carbocycles. The number of hydrogen-bond donors (Lipinski definition) is 0. The van der Waals surface area contributed by atoms with E-state index in [1.165, 1.54) is 4.90 Å². The van der Waals surface area contributed by atoms with Crippen molar-refractivity contribution in [2.24, 2.45) is 17.8 Å². The molecule has 5 atom stereocenters. The molecule has 1 aromatic rings. The first-order chi connectivity index (χ1) is 13.4. The van der Waals surface area contributed by atoms with Crippen LogP contribution in [0.2, 0.25) is 0 Å². The van der Waals surface area contributed by atoms with Gasteiger partial charge in [-0.1, -0.05) is 25.1 Å². The molecule has 3 amide bonds. The van der Waals surface area contributed by atoms with Crippen molar-refractivity contribution in [3.8, 4) is 0 Å². The smallest absolute Gasteiger partial charge is 0.349 e. The van der Waals surface area contributed by atoms with E-state index in [0.717, 1.165) is 4.90 Å². The van der Waals surface area contributed by atoms with Gasteiger partial charge in [0.15, 0.2) is 5.72 Å². The summed E-state index contributed by atoms with van der Waals surface area (Å²) >= 11 is 0. The number of esters is 1. The van der Waals surface area contributed by atoms with Gasteiger partial charge in [0.1, 0.15) is 11.8 Å². The molecule has 0 unspecified atom stereocenters. The fraction of sp³-hybridized carbons (Fsp3) is 0.500. The monoisotopic (exact) mass is 384 g/mol. The average Bonchev–Trinajstić information content (AvgIpc) is 3.35. The van der Waals surface area contributed by atoms with Gasteiger partial charge in [0.25, 0.3) is 11.5 Å². The molecule has 0 saturated carbocycles. The molecule has 4 saturated heterocycles. The molecular formula is C20H20N2O6. The second-order valence-electron chi connectivity index (χ2n) is 7.76. The van der Waals surface area contributed by atoms with E-state index in [1.54, 1.807) is 37.3 Å². The third kappa shape index (κ3) is 1.66. The van der Waals surface area contributed by atoms with Gasteiger partial charge in [-0.2, -0.15) is 0 Å². The van der Waals surface area contributed by atoms with Crippen LogP contribution in [-0.4, -0.2) is 53.1 Å². The third-order valence-corrected chi connectivity index (χ3v) is 6.58. The lowest BCUT2D eigenvalue weighted by Crippen LogP contribution is -2.61. The van der Waals surface area contributed by atoms with Crippen molar-refractivity contribution in [1.29, 1.82) is 0 Å². The second-order valence-corrected chi connectivity index (χ2v) is 7.76. The molecule has 2 bridgehead atoms. The predicted octanol–water partition coefficient (Wildman–Crippen LogP) is 0.703. The predicted molar refractivity (Wildman–Crippen MR) is 94.6 cm³/mol. The van der Waals surface area contributed by atoms with Gasteiger partial charge in [0.05, 0.1) is 12.3 Å². The molecule has 4 aliphatic rings. The summed E-state index contributed by atoms with van der Waals surface area (Å²) < 4.78 is 11.3. The Bertz CT molecular complexity index is 917. The van der Waals surface area contributed by atoms with Gasteiger partial charge >= 0.3 is 5.97 Å². The number of anilines is 1. The maximum Gasteiger partial charge on any atom is 0.349 e. The lowest BCUT2D eigenvalue weighted by atomic mass is 9.72. The van der Waals surface area contributed by atoms with Gasteiger partial charge in [-0.15, -0.1) is 0 Å². The van der Waals surface area contributed by atoms with Crippen LogP contribution in [0.1, 0.15) is 20.3 Å². The number of rotatable bonds is 3. The van der Waals surface area contributed by atoms with Crippen LogP contribution in [0.5, 0.6) is 0 Å². The van der Waals surface area contributed by atoms with Crippen molar-refractivity contribution in [3.63, 3.8) is 0 Å². The highest BCUT2D eigenvalue weighted by molar-refractivity contribution is 6.28. The van der Waals surface area contributed by atoms with Gasteiger partial charge in [-0.3, -0.25) is 14.4 Å². The molecule has 5 rings (SSSR count). The molecule has 8 nitrogen and oxygen atoms in total. The van der Waals surface area contributed by atoms with Gasteiger partial charge in [-0.25, -0.2) is 9.69 Å². The standard InChI is InChI=1S/C20H20N2O6/c1-3-27-18(26)19-13-14(20(28-19)11(2)9-10-21(20)17(19)25)16(24)22(15(13)23)12-7-5-4-6-8-12/h4-8,11,13-14H,3,9-10H2,1-2H3/t11-,13+,14-,19-,20+/m0/s1. The highest BCUT2D eigenvalue weighted by Crippen LogP contribution is 2.64. The summed E-state index contributed by atoms with van der Waals surface area (Å²) in [4.78, 5) is 55.6. The molecule has 4 aliphatic heterocycles. The Hall–Kier alpha value is -2.74. The zero-order chi connectivity index (χ0) is 19.8. The van der Waals surface area contributed by atoms with Crippen LogP contribution in [-0.2, 0) is 28.7 Å². The Labute approximate surface area is 161 Å². The summed E-state index contributed by atoms with van der Waals surface area (Å²) in [6.45, 7) is 3.94. The number of carbonyl (C=O) groups is 4. The summed E-state index contributed by atoms with van der Waals surface area (Å²) in [6, 6.07) is 8.55. The lowest BCUT2D eigenvalue weighted by Gasteiger charge is -2.37. The molecule has 0 aromatic heterocycles. The van der Waals surface area contributed by atoms with Crippen LogP contribution in [0.15, 0.2) is 30.3 Å². The lowest BCUT2D eigenvalue weighted by molar-refractivity contribution is -0.179. The van der Waals surface area contributed by atoms with Crippen LogP contribution < -0.4 is 4.90 Å². The topological polar surface area (TPSA) is 93.2 Å². The number of ether oxygens (including phenoxy) is 2. The Kier molecular flexibility index (Phi) is 3.35. The number of imide groups is 1. The molecule has 8 heteroatoms. The first-order valence-corrected chi connectivity index (χ1v) is 9.53. The first-order valence-electron chi connectivity index (χ1n) is 9.53. The van der Waals surface area contributed by atoms with E-state index in [-0.39, 0.29) is 12.5 Å². The zero-order valence-corrected chi connectivity index (χ0v) is 15.6. The third-order valence-electron chi connectivity index (χ3n) is 6.58. The molecule has 1 spiro atoms. The molecule has 4 fully saturated rings. The van der Waals surface area contributed by atoms with Gasteiger partial charge < -0.3 is 14.4 Å². The Morgan fingerprint density at radius 3 is 2.54 bits per heavy atom. The fourth-order valence-electron chi connectivity index (χ4n) is 5.44. The minimum Gasteiger partial charge on any atom is -0.463 e. The summed E-state index contributed by atoms with van der Waals surface area (Å²) in [6.07, 6.45) is 0.640. The van der Waals surface area contributed by atoms with Gasteiger partial charge in [0.2, 0.25) is 11.8 Å². The minimum absolute atomic E-state index is 0.0434. The van der Waals surface area contributed by atoms with Crippen molar-refractivity contribution >= 4 is 29.4 Å². The first kappa shape index (κ1) is 17.4. The van der Waals surface area contributed by atoms with Crippen LogP contribution in [0.3, 0.4) is 0 Å². The largest absolute Gasteiger partial charge is 0.463 e. The van der Waals surface area contributed by atoms with Crippen molar-refractivity contribution in [1.82, 2.24) is 4.90 Å². The molecule has 1 aromatic carbocycles. The maximum absolute atomic E-state index is 13.4. The van der Waals surface area contributed by atoms with E-state index >= 15 is 0 Å². The van der Waals surface area contributed by atoms with Crippen LogP contribution in [0.4, 0.5) is 5.69 Å². The Balaban J connectivity index is 1.70. The summed E-state index contributed by atoms with van der Waals surface area (Å²) in [5, 5.41) is 0. The van der Waals surface area contributed by atoms with Crippen molar-refractivity contribution in [2.45, 2.75) is 31.6 Å². The number of hydrogen-bond acceptors (Lipinski definition) is 6. The van der Waals surface area contributed by atoms with E-state index < -0.39 is 46.9 Å². The van der Waals surface area contributed by atoms with E-state index in [9.17, 15) is 19.2 Å². The van der Waals surface area contributed by atoms with Crippen molar-refractivity contribution < 1.29 is 28.7 Å². The number of para-hydroxylation sites is 1. The van der Waals surface area contributed by atoms with Crippen LogP contribution in [0.25, 0.3) is 0 Å². The summed E-state index contributed by atoms with van der Waals surface area (Å²) in [7, 11) is 0. The summed E-state index contributed by atoms with van der Waals surface area (Å²) in [5.41, 5.74) is -2.93. The Morgan fingerprint density at radius 2 is 1.86 bits per heavy atom. The molecular weight excluding hydrogens is 364 g/mol. The SMILES string of the molecule is CCOC(=O)[C@]12O[C@@]3([C@@H]4C(=O)N(c5ccccc5)C(=O)[C@@H]41)[C@@H](C)CCN3C2=O. The van der Waals surface area contributed by atoms with E-state index in [1.807, 2.05) is 6.92 Å². The highest BCUT2D eigenvalue weighted by atomic mass is 16.6. The molecule has 4 heterocycles. The number of piperidine rings is 1. The van der Waals surface area contributed by atoms with Crippen molar-refractivity contribution in [3.05, 3.63) is 30.3 Å². The number of benzene rings is 1. The van der Waals surface area contributed by atoms with Crippen LogP contribution in [0, 0.1) is 17.8 Å². The molecule has 28 heavy (non-hydrogen) atoms.